The topological polar surface area (TPSA) is 119 Å². The van der Waals surface area contributed by atoms with Crippen LogP contribution >= 0.6 is 11.3 Å². The number of piperidine rings is 1. The van der Waals surface area contributed by atoms with Crippen molar-refractivity contribution in [1.82, 2.24) is 14.8 Å². The van der Waals surface area contributed by atoms with Gasteiger partial charge in [0.25, 0.3) is 11.5 Å². The minimum atomic E-state index is -4.64. The molecule has 38 heavy (non-hydrogen) atoms. The number of likely N-dealkylation sites (tertiary alicyclic amines) is 1. The zero-order valence-corrected chi connectivity index (χ0v) is 21.8. The third-order valence-electron chi connectivity index (χ3n) is 5.99. The van der Waals surface area contributed by atoms with Gasteiger partial charge in [-0.15, -0.1) is 11.3 Å². The van der Waals surface area contributed by atoms with Gasteiger partial charge in [-0.3, -0.25) is 23.9 Å². The molecule has 2 amide bonds. The summed E-state index contributed by atoms with van der Waals surface area (Å²) in [6.07, 6.45) is -1.11. The number of carbonyl (C=O) groups is 2. The van der Waals surface area contributed by atoms with Gasteiger partial charge in [0.15, 0.2) is 5.57 Å². The molecule has 2 heterocycles. The van der Waals surface area contributed by atoms with Crippen molar-refractivity contribution >= 4 is 46.3 Å². The van der Waals surface area contributed by atoms with Crippen LogP contribution in [0.3, 0.4) is 0 Å². The predicted octanol–water partition coefficient (Wildman–Crippen LogP) is 1.80. The van der Waals surface area contributed by atoms with Crippen molar-refractivity contribution in [3.05, 3.63) is 43.8 Å². The molecule has 1 aromatic carbocycles. The highest BCUT2D eigenvalue weighted by molar-refractivity contribution is 7.07. The van der Waals surface area contributed by atoms with Crippen molar-refractivity contribution in [1.29, 1.82) is 5.26 Å². The quantitative estimate of drug-likeness (QED) is 0.461. The number of halogens is 3. The predicted molar refractivity (Wildman–Crippen MR) is 140 cm³/mol. The van der Waals surface area contributed by atoms with E-state index >= 15 is 0 Å². The van der Waals surface area contributed by atoms with Crippen LogP contribution in [-0.2, 0) is 16.1 Å². The minimum absolute atomic E-state index is 0.0409. The van der Waals surface area contributed by atoms with Gasteiger partial charge < -0.3 is 16.0 Å². The number of nitriles is 1. The first-order chi connectivity index (χ1) is 18.0. The lowest BCUT2D eigenvalue weighted by atomic mass is 9.99. The first kappa shape index (κ1) is 28.9. The Morgan fingerprint density at radius 2 is 1.92 bits per heavy atom. The van der Waals surface area contributed by atoms with Crippen molar-refractivity contribution < 1.29 is 22.8 Å². The van der Waals surface area contributed by atoms with E-state index in [2.05, 4.69) is 22.5 Å². The second-order valence-electron chi connectivity index (χ2n) is 8.98. The monoisotopic (exact) mass is 550 g/mol. The molecule has 9 nitrogen and oxygen atoms in total. The molecule has 0 bridgehead atoms. The van der Waals surface area contributed by atoms with Crippen LogP contribution in [0.15, 0.2) is 29.1 Å². The summed E-state index contributed by atoms with van der Waals surface area (Å²) in [6.45, 7) is 4.42. The number of anilines is 2. The Kier molecular flexibility index (Phi) is 9.71. The molecular formula is C25H29F3N6O3S. The largest absolute Gasteiger partial charge is 0.405 e. The third-order valence-corrected chi connectivity index (χ3v) is 7.12. The molecule has 0 unspecified atom stereocenters. The van der Waals surface area contributed by atoms with Gasteiger partial charge in [-0.2, -0.15) is 18.4 Å². The Hall–Kier alpha value is -3.63. The molecule has 0 atom stereocenters. The average molecular weight is 551 g/mol. The lowest BCUT2D eigenvalue weighted by Crippen LogP contribution is -2.38. The molecule has 1 saturated heterocycles. The van der Waals surface area contributed by atoms with Gasteiger partial charge in [0.05, 0.1) is 6.54 Å². The van der Waals surface area contributed by atoms with Crippen molar-refractivity contribution in [2.75, 3.05) is 36.8 Å². The number of hydrogen-bond acceptors (Lipinski definition) is 7. The highest BCUT2D eigenvalue weighted by Gasteiger charge is 2.29. The van der Waals surface area contributed by atoms with Crippen LogP contribution in [0, 0.1) is 17.2 Å². The van der Waals surface area contributed by atoms with E-state index in [0.717, 1.165) is 41.8 Å². The number of aromatic nitrogens is 1. The van der Waals surface area contributed by atoms with E-state index in [4.69, 9.17) is 0 Å². The highest BCUT2D eigenvalue weighted by atomic mass is 32.1. The zero-order valence-electron chi connectivity index (χ0n) is 21.0. The molecule has 0 saturated carbocycles. The zero-order chi connectivity index (χ0) is 27.9. The van der Waals surface area contributed by atoms with Gasteiger partial charge in [-0.1, -0.05) is 13.0 Å². The summed E-state index contributed by atoms with van der Waals surface area (Å²) >= 11 is 0.814. The first-order valence-electron chi connectivity index (χ1n) is 12.1. The van der Waals surface area contributed by atoms with Crippen molar-refractivity contribution in [2.24, 2.45) is 5.92 Å². The normalized spacial score (nSPS) is 16.1. The summed E-state index contributed by atoms with van der Waals surface area (Å²) in [6, 6.07) is 8.49. The van der Waals surface area contributed by atoms with Gasteiger partial charge in [0, 0.05) is 24.1 Å². The van der Waals surface area contributed by atoms with Crippen LogP contribution in [-0.4, -0.2) is 53.6 Å². The second kappa shape index (κ2) is 12.7. The maximum Gasteiger partial charge on any atom is 0.405 e. The fraction of sp³-hybridized carbons (Fsp3) is 0.440. The van der Waals surface area contributed by atoms with Gasteiger partial charge >= 0.3 is 6.18 Å². The molecule has 0 aliphatic carbocycles. The van der Waals surface area contributed by atoms with Gasteiger partial charge in [0.2, 0.25) is 5.91 Å². The Bertz CT molecular complexity index is 1380. The van der Waals surface area contributed by atoms with E-state index in [-0.39, 0.29) is 21.6 Å². The number of carbonyl (C=O) groups excluding carboxylic acids is 2. The molecule has 13 heteroatoms. The number of thiazole rings is 1. The number of rotatable bonds is 8. The van der Waals surface area contributed by atoms with E-state index in [0.29, 0.717) is 23.8 Å². The third kappa shape index (κ3) is 7.93. The van der Waals surface area contributed by atoms with E-state index < -0.39 is 29.8 Å². The number of hydrogen-bond donors (Lipinski definition) is 3. The molecule has 0 radical (unpaired) electrons. The van der Waals surface area contributed by atoms with Gasteiger partial charge in [0.1, 0.15) is 21.8 Å². The summed E-state index contributed by atoms with van der Waals surface area (Å²) in [5.41, 5.74) is 0.0554. The smallest absolute Gasteiger partial charge is 0.360 e. The van der Waals surface area contributed by atoms with Crippen LogP contribution in [0.25, 0.3) is 11.8 Å². The summed E-state index contributed by atoms with van der Waals surface area (Å²) in [4.78, 5) is 39.6. The molecule has 0 spiro atoms. The van der Waals surface area contributed by atoms with Crippen LogP contribution < -0.4 is 30.7 Å². The molecule has 1 aliphatic heterocycles. The lowest BCUT2D eigenvalue weighted by Gasteiger charge is -2.29. The maximum atomic E-state index is 12.8. The maximum absolute atomic E-state index is 12.8. The van der Waals surface area contributed by atoms with E-state index in [1.807, 2.05) is 0 Å². The molecule has 1 fully saturated rings. The van der Waals surface area contributed by atoms with Crippen LogP contribution in [0.2, 0.25) is 0 Å². The van der Waals surface area contributed by atoms with Gasteiger partial charge in [-0.05, 0) is 57.0 Å². The fourth-order valence-corrected chi connectivity index (χ4v) is 5.00. The summed E-state index contributed by atoms with van der Waals surface area (Å²) in [5, 5.41) is 16.9. The minimum Gasteiger partial charge on any atom is -0.360 e. The van der Waals surface area contributed by atoms with Crippen molar-refractivity contribution in [2.45, 2.75) is 39.4 Å². The Balaban J connectivity index is 1.77. The molecule has 2 aromatic rings. The highest BCUT2D eigenvalue weighted by Crippen LogP contribution is 2.17. The fourth-order valence-electron chi connectivity index (χ4n) is 3.92. The Morgan fingerprint density at radius 1 is 1.24 bits per heavy atom. The Morgan fingerprint density at radius 3 is 2.55 bits per heavy atom. The van der Waals surface area contributed by atoms with Crippen LogP contribution in [0.1, 0.15) is 26.7 Å². The SMILES string of the molecule is CCn1c(=O)/c(=C\Nc2cccc(NC(=O)CN3CCC(C)CC3)c2)s/c1=C(/C#N)C(=O)NCC(F)(F)F. The van der Waals surface area contributed by atoms with Crippen LogP contribution in [0.5, 0.6) is 0 Å². The molecule has 1 aromatic heterocycles. The lowest BCUT2D eigenvalue weighted by molar-refractivity contribution is -0.135. The van der Waals surface area contributed by atoms with Crippen LogP contribution in [0.4, 0.5) is 24.5 Å². The summed E-state index contributed by atoms with van der Waals surface area (Å²) in [7, 11) is 0. The first-order valence-corrected chi connectivity index (χ1v) is 12.9. The Labute approximate surface area is 221 Å². The molecule has 3 rings (SSSR count). The second-order valence-corrected chi connectivity index (χ2v) is 10.0. The summed E-state index contributed by atoms with van der Waals surface area (Å²) in [5.74, 6) is -0.668. The van der Waals surface area contributed by atoms with Crippen molar-refractivity contribution in [3.63, 3.8) is 0 Å². The van der Waals surface area contributed by atoms with E-state index in [9.17, 15) is 32.8 Å². The molecular weight excluding hydrogens is 521 g/mol. The number of benzene rings is 1. The number of nitrogens with zero attached hydrogens (tertiary/aromatic N) is 3. The number of alkyl halides is 3. The molecule has 204 valence electrons. The van der Waals surface area contributed by atoms with Gasteiger partial charge in [-0.25, -0.2) is 0 Å². The number of nitrogens with one attached hydrogen (secondary N) is 3. The molecule has 1 aliphatic rings. The molecule has 3 N–H and O–H groups in total. The van der Waals surface area contributed by atoms with E-state index in [1.165, 1.54) is 6.20 Å². The number of amides is 2. The standard InChI is InChI=1S/C25H29F3N6O3S/c1-3-34-23(37)20(38-24(34)19(12-29)22(36)31-15-25(26,27)28)13-30-17-5-4-6-18(11-17)32-21(35)14-33-9-7-16(2)8-10-33/h4-6,11,13,16,30H,3,7-10,14-15H2,1-2H3,(H,31,36)(H,32,35)/b20-13+,24-19-. The summed E-state index contributed by atoms with van der Waals surface area (Å²) < 4.78 is 38.7. The van der Waals surface area contributed by atoms with Crippen molar-refractivity contribution in [3.8, 4) is 6.07 Å². The van der Waals surface area contributed by atoms with E-state index in [1.54, 1.807) is 42.6 Å². The average Bonchev–Trinajstić information content (AvgIpc) is 3.18.